The van der Waals surface area contributed by atoms with E-state index in [-0.39, 0.29) is 16.7 Å². The van der Waals surface area contributed by atoms with Crippen molar-refractivity contribution >= 4 is 11.6 Å². The summed E-state index contributed by atoms with van der Waals surface area (Å²) in [6.07, 6.45) is 2.33. The third-order valence-electron chi connectivity index (χ3n) is 3.86. The van der Waals surface area contributed by atoms with Crippen LogP contribution in [0.4, 0.5) is 5.69 Å². The van der Waals surface area contributed by atoms with E-state index in [0.29, 0.717) is 13.0 Å². The van der Waals surface area contributed by atoms with E-state index < -0.39 is 0 Å². The summed E-state index contributed by atoms with van der Waals surface area (Å²) in [6.45, 7) is 11.5. The lowest BCUT2D eigenvalue weighted by molar-refractivity contribution is -0.116. The predicted octanol–water partition coefficient (Wildman–Crippen LogP) is 4.08. The van der Waals surface area contributed by atoms with Gasteiger partial charge >= 0.3 is 0 Å². The first-order chi connectivity index (χ1) is 9.65. The van der Waals surface area contributed by atoms with Crippen molar-refractivity contribution < 1.29 is 4.79 Å². The Labute approximate surface area is 129 Å². The Morgan fingerprint density at radius 1 is 1.10 bits per heavy atom. The number of para-hydroxylation sites is 1. The van der Waals surface area contributed by atoms with Gasteiger partial charge in [-0.1, -0.05) is 52.8 Å². The van der Waals surface area contributed by atoms with Crippen LogP contribution in [0, 0.1) is 5.41 Å². The summed E-state index contributed by atoms with van der Waals surface area (Å²) in [4.78, 5) is 12.2. The summed E-state index contributed by atoms with van der Waals surface area (Å²) in [5.41, 5.74) is 7.84. The SMILES string of the molecule is CC(C)(CCN)CCC(=O)Nc1ccccc1C(C)(C)C. The number of nitrogens with two attached hydrogens (primary N) is 1. The van der Waals surface area contributed by atoms with Gasteiger partial charge in [0.05, 0.1) is 0 Å². The molecule has 0 aliphatic carbocycles. The Balaban J connectivity index is 2.68. The zero-order valence-electron chi connectivity index (χ0n) is 14.1. The monoisotopic (exact) mass is 290 g/mol. The van der Waals surface area contributed by atoms with Gasteiger partial charge in [-0.25, -0.2) is 0 Å². The molecule has 0 bridgehead atoms. The number of carbonyl (C=O) groups is 1. The molecule has 3 nitrogen and oxygen atoms in total. The molecule has 21 heavy (non-hydrogen) atoms. The summed E-state index contributed by atoms with van der Waals surface area (Å²) in [6, 6.07) is 8.03. The minimum atomic E-state index is 0.0166. The van der Waals surface area contributed by atoms with Gasteiger partial charge in [-0.2, -0.15) is 0 Å². The molecule has 118 valence electrons. The van der Waals surface area contributed by atoms with E-state index in [2.05, 4.69) is 46.0 Å². The maximum absolute atomic E-state index is 12.2. The minimum Gasteiger partial charge on any atom is -0.330 e. The molecule has 0 saturated heterocycles. The van der Waals surface area contributed by atoms with Gasteiger partial charge in [-0.15, -0.1) is 0 Å². The zero-order valence-corrected chi connectivity index (χ0v) is 14.1. The number of rotatable bonds is 6. The van der Waals surface area contributed by atoms with E-state index in [1.165, 1.54) is 5.56 Å². The third kappa shape index (κ3) is 5.88. The molecule has 1 aromatic rings. The van der Waals surface area contributed by atoms with E-state index in [9.17, 15) is 4.79 Å². The van der Waals surface area contributed by atoms with Crippen LogP contribution in [-0.2, 0) is 10.2 Å². The molecule has 0 atom stereocenters. The van der Waals surface area contributed by atoms with Crippen LogP contribution in [0.3, 0.4) is 0 Å². The number of carbonyl (C=O) groups excluding carboxylic acids is 1. The van der Waals surface area contributed by atoms with Crippen molar-refractivity contribution in [2.75, 3.05) is 11.9 Å². The number of amides is 1. The molecule has 0 spiro atoms. The maximum atomic E-state index is 12.2. The molecular weight excluding hydrogens is 260 g/mol. The molecule has 3 heteroatoms. The Morgan fingerprint density at radius 3 is 2.29 bits per heavy atom. The Hall–Kier alpha value is -1.35. The van der Waals surface area contributed by atoms with E-state index in [4.69, 9.17) is 5.73 Å². The van der Waals surface area contributed by atoms with Crippen LogP contribution < -0.4 is 11.1 Å². The zero-order chi connectivity index (χ0) is 16.1. The molecule has 3 N–H and O–H groups in total. The highest BCUT2D eigenvalue weighted by atomic mass is 16.1. The number of anilines is 1. The van der Waals surface area contributed by atoms with Crippen molar-refractivity contribution in [2.24, 2.45) is 11.1 Å². The molecule has 1 amide bonds. The van der Waals surface area contributed by atoms with E-state index in [1.807, 2.05) is 18.2 Å². The van der Waals surface area contributed by atoms with Crippen LogP contribution in [0.2, 0.25) is 0 Å². The van der Waals surface area contributed by atoms with Crippen LogP contribution >= 0.6 is 0 Å². The lowest BCUT2D eigenvalue weighted by Gasteiger charge is -2.25. The largest absolute Gasteiger partial charge is 0.330 e. The van der Waals surface area contributed by atoms with Crippen molar-refractivity contribution in [3.63, 3.8) is 0 Å². The predicted molar refractivity (Wildman–Crippen MR) is 90.5 cm³/mol. The van der Waals surface area contributed by atoms with Crippen molar-refractivity contribution in [3.05, 3.63) is 29.8 Å². The molecule has 0 unspecified atom stereocenters. The Kier molecular flexibility index (Phi) is 5.97. The molecule has 0 aliphatic heterocycles. The molecule has 0 radical (unpaired) electrons. The second-order valence-electron chi connectivity index (χ2n) is 7.55. The highest BCUT2D eigenvalue weighted by Gasteiger charge is 2.21. The van der Waals surface area contributed by atoms with Crippen LogP contribution in [0.25, 0.3) is 0 Å². The summed E-state index contributed by atoms with van der Waals surface area (Å²) in [5.74, 6) is 0.0804. The summed E-state index contributed by atoms with van der Waals surface area (Å²) >= 11 is 0. The summed E-state index contributed by atoms with van der Waals surface area (Å²) in [7, 11) is 0. The maximum Gasteiger partial charge on any atom is 0.224 e. The van der Waals surface area contributed by atoms with Crippen LogP contribution in [0.15, 0.2) is 24.3 Å². The van der Waals surface area contributed by atoms with Gasteiger partial charge in [-0.05, 0) is 41.8 Å². The van der Waals surface area contributed by atoms with E-state index in [0.717, 1.165) is 18.5 Å². The van der Waals surface area contributed by atoms with Gasteiger partial charge in [0, 0.05) is 12.1 Å². The first-order valence-corrected chi connectivity index (χ1v) is 7.75. The number of hydrogen-bond acceptors (Lipinski definition) is 2. The smallest absolute Gasteiger partial charge is 0.224 e. The fourth-order valence-corrected chi connectivity index (χ4v) is 2.43. The molecule has 0 heterocycles. The quantitative estimate of drug-likeness (QED) is 0.829. The van der Waals surface area contributed by atoms with Gasteiger partial charge in [0.25, 0.3) is 0 Å². The van der Waals surface area contributed by atoms with Gasteiger partial charge < -0.3 is 11.1 Å². The van der Waals surface area contributed by atoms with Gasteiger partial charge in [0.1, 0.15) is 0 Å². The fraction of sp³-hybridized carbons (Fsp3) is 0.611. The van der Waals surface area contributed by atoms with Crippen molar-refractivity contribution in [3.8, 4) is 0 Å². The van der Waals surface area contributed by atoms with E-state index >= 15 is 0 Å². The lowest BCUT2D eigenvalue weighted by Crippen LogP contribution is -2.22. The topological polar surface area (TPSA) is 55.1 Å². The molecule has 1 rings (SSSR count). The van der Waals surface area contributed by atoms with Crippen molar-refractivity contribution in [1.29, 1.82) is 0 Å². The first kappa shape index (κ1) is 17.7. The molecule has 0 aliphatic rings. The normalized spacial score (nSPS) is 12.3. The highest BCUT2D eigenvalue weighted by Crippen LogP contribution is 2.30. The van der Waals surface area contributed by atoms with Crippen LogP contribution in [-0.4, -0.2) is 12.5 Å². The van der Waals surface area contributed by atoms with Crippen LogP contribution in [0.5, 0.6) is 0 Å². The second kappa shape index (κ2) is 7.08. The van der Waals surface area contributed by atoms with Crippen molar-refractivity contribution in [1.82, 2.24) is 0 Å². The minimum absolute atomic E-state index is 0.0166. The molecule has 1 aromatic carbocycles. The number of hydrogen-bond donors (Lipinski definition) is 2. The molecular formula is C18H30N2O. The highest BCUT2D eigenvalue weighted by molar-refractivity contribution is 5.91. The average Bonchev–Trinajstić information content (AvgIpc) is 2.36. The standard InChI is InChI=1S/C18H30N2O/c1-17(2,3)14-8-6-7-9-15(14)20-16(21)10-11-18(4,5)12-13-19/h6-9H,10-13,19H2,1-5H3,(H,20,21). The second-order valence-corrected chi connectivity index (χ2v) is 7.55. The first-order valence-electron chi connectivity index (χ1n) is 7.75. The fourth-order valence-electron chi connectivity index (χ4n) is 2.43. The third-order valence-corrected chi connectivity index (χ3v) is 3.86. The molecule has 0 fully saturated rings. The summed E-state index contributed by atoms with van der Waals surface area (Å²) in [5, 5.41) is 3.06. The van der Waals surface area contributed by atoms with Crippen molar-refractivity contribution in [2.45, 2.75) is 59.3 Å². The summed E-state index contributed by atoms with van der Waals surface area (Å²) < 4.78 is 0. The van der Waals surface area contributed by atoms with Gasteiger partial charge in [0.15, 0.2) is 0 Å². The lowest BCUT2D eigenvalue weighted by atomic mass is 9.84. The Morgan fingerprint density at radius 2 is 1.71 bits per heavy atom. The van der Waals surface area contributed by atoms with Gasteiger partial charge in [-0.3, -0.25) is 4.79 Å². The number of benzene rings is 1. The molecule has 0 aromatic heterocycles. The molecule has 0 saturated carbocycles. The number of nitrogens with one attached hydrogen (secondary N) is 1. The Bertz CT molecular complexity index is 472. The van der Waals surface area contributed by atoms with Gasteiger partial charge in [0.2, 0.25) is 5.91 Å². The van der Waals surface area contributed by atoms with Crippen LogP contribution in [0.1, 0.15) is 59.4 Å². The average molecular weight is 290 g/mol. The van der Waals surface area contributed by atoms with E-state index in [1.54, 1.807) is 0 Å².